The lowest BCUT2D eigenvalue weighted by Crippen LogP contribution is -2.47. The number of quaternary nitrogens is 1. The first-order valence-corrected chi connectivity index (χ1v) is 3.31. The molecule has 10 heavy (non-hydrogen) atoms. The number of hydrogen-bond donors (Lipinski definition) is 1. The van der Waals surface area contributed by atoms with E-state index >= 15 is 0 Å². The molecule has 1 atom stereocenters. The van der Waals surface area contributed by atoms with Crippen molar-refractivity contribution in [3.05, 3.63) is 0 Å². The molecule has 0 aliphatic carbocycles. The largest absolute Gasteiger partial charge is 0.514 e. The van der Waals surface area contributed by atoms with E-state index in [1.165, 1.54) is 0 Å². The monoisotopic (exact) mass is 145 g/mol. The highest BCUT2D eigenvalue weighted by Gasteiger charge is 2.37. The van der Waals surface area contributed by atoms with Gasteiger partial charge in [-0.15, -0.1) is 0 Å². The van der Waals surface area contributed by atoms with Crippen molar-refractivity contribution in [1.29, 1.82) is 0 Å². The Labute approximate surface area is 60.2 Å². The SMILES string of the molecule is CN1CC[N+](C)(C(=O)O)C1. The number of amides is 1. The van der Waals surface area contributed by atoms with Gasteiger partial charge in [-0.05, 0) is 7.05 Å². The van der Waals surface area contributed by atoms with E-state index in [9.17, 15) is 4.79 Å². The molecule has 58 valence electrons. The van der Waals surface area contributed by atoms with E-state index in [0.29, 0.717) is 13.2 Å². The minimum absolute atomic E-state index is 0.135. The van der Waals surface area contributed by atoms with E-state index in [2.05, 4.69) is 0 Å². The van der Waals surface area contributed by atoms with Gasteiger partial charge < -0.3 is 5.11 Å². The van der Waals surface area contributed by atoms with Crippen molar-refractivity contribution in [3.63, 3.8) is 0 Å². The predicted octanol–water partition coefficient (Wildman–Crippen LogP) is 0.0139. The van der Waals surface area contributed by atoms with Crippen LogP contribution < -0.4 is 0 Å². The van der Waals surface area contributed by atoms with Crippen LogP contribution in [0, 0.1) is 0 Å². The lowest BCUT2D eigenvalue weighted by molar-refractivity contribution is -0.828. The maximum Gasteiger partial charge on any atom is 0.514 e. The molecule has 1 N–H and O–H groups in total. The smallest absolute Gasteiger partial charge is 0.435 e. The van der Waals surface area contributed by atoms with Gasteiger partial charge in [0.2, 0.25) is 0 Å². The number of hydrogen-bond acceptors (Lipinski definition) is 2. The van der Waals surface area contributed by atoms with Gasteiger partial charge in [0.15, 0.2) is 0 Å². The first-order chi connectivity index (χ1) is 4.54. The molecule has 1 rings (SSSR count). The van der Waals surface area contributed by atoms with Crippen molar-refractivity contribution in [2.75, 3.05) is 33.9 Å². The third-order valence-electron chi connectivity index (χ3n) is 1.99. The quantitative estimate of drug-likeness (QED) is 0.488. The Morgan fingerprint density at radius 3 is 2.50 bits per heavy atom. The van der Waals surface area contributed by atoms with Crippen LogP contribution in [-0.4, -0.2) is 54.4 Å². The molecule has 0 spiro atoms. The molecule has 0 aromatic rings. The molecular weight excluding hydrogens is 132 g/mol. The zero-order valence-electron chi connectivity index (χ0n) is 6.37. The molecule has 1 saturated heterocycles. The van der Waals surface area contributed by atoms with Crippen molar-refractivity contribution in [1.82, 2.24) is 4.90 Å². The van der Waals surface area contributed by atoms with Crippen LogP contribution in [0.3, 0.4) is 0 Å². The highest BCUT2D eigenvalue weighted by molar-refractivity contribution is 5.56. The van der Waals surface area contributed by atoms with E-state index in [1.54, 1.807) is 7.05 Å². The first kappa shape index (κ1) is 7.50. The Kier molecular flexibility index (Phi) is 1.66. The second-order valence-corrected chi connectivity index (χ2v) is 3.12. The first-order valence-electron chi connectivity index (χ1n) is 3.31. The van der Waals surface area contributed by atoms with Gasteiger partial charge in [-0.2, -0.15) is 4.79 Å². The lowest BCUT2D eigenvalue weighted by atomic mass is 10.5. The van der Waals surface area contributed by atoms with Crippen LogP contribution >= 0.6 is 0 Å². The van der Waals surface area contributed by atoms with Crippen LogP contribution in [0.2, 0.25) is 0 Å². The van der Waals surface area contributed by atoms with Crippen molar-refractivity contribution in [2.24, 2.45) is 0 Å². The summed E-state index contributed by atoms with van der Waals surface area (Å²) in [5, 5.41) is 8.74. The summed E-state index contributed by atoms with van der Waals surface area (Å²) in [5.74, 6) is 0. The van der Waals surface area contributed by atoms with Crippen molar-refractivity contribution < 1.29 is 14.4 Å². The second-order valence-electron chi connectivity index (χ2n) is 3.12. The van der Waals surface area contributed by atoms with Crippen LogP contribution in [-0.2, 0) is 0 Å². The van der Waals surface area contributed by atoms with E-state index in [0.717, 1.165) is 6.54 Å². The van der Waals surface area contributed by atoms with Crippen LogP contribution in [0.4, 0.5) is 4.79 Å². The van der Waals surface area contributed by atoms with Gasteiger partial charge in [-0.25, -0.2) is 4.48 Å². The molecular formula is C6H13N2O2+. The van der Waals surface area contributed by atoms with Crippen LogP contribution in [0.25, 0.3) is 0 Å². The summed E-state index contributed by atoms with van der Waals surface area (Å²) in [4.78, 5) is 12.6. The minimum Gasteiger partial charge on any atom is -0.435 e. The Balaban J connectivity index is 2.63. The van der Waals surface area contributed by atoms with Gasteiger partial charge >= 0.3 is 6.09 Å². The van der Waals surface area contributed by atoms with E-state index < -0.39 is 6.09 Å². The number of likely N-dealkylation sites (N-methyl/N-ethyl adjacent to an activating group) is 2. The van der Waals surface area contributed by atoms with Crippen molar-refractivity contribution >= 4 is 6.09 Å². The van der Waals surface area contributed by atoms with Gasteiger partial charge in [0.25, 0.3) is 0 Å². The maximum absolute atomic E-state index is 10.6. The molecule has 0 aromatic heterocycles. The van der Waals surface area contributed by atoms with Crippen LogP contribution in [0.5, 0.6) is 0 Å². The van der Waals surface area contributed by atoms with E-state index in [4.69, 9.17) is 5.11 Å². The van der Waals surface area contributed by atoms with Crippen molar-refractivity contribution in [3.8, 4) is 0 Å². The summed E-state index contributed by atoms with van der Waals surface area (Å²) in [7, 11) is 3.68. The molecule has 4 nitrogen and oxygen atoms in total. The van der Waals surface area contributed by atoms with Gasteiger partial charge in [0.1, 0.15) is 13.2 Å². The van der Waals surface area contributed by atoms with E-state index in [-0.39, 0.29) is 4.48 Å². The number of rotatable bonds is 0. The van der Waals surface area contributed by atoms with Crippen molar-refractivity contribution in [2.45, 2.75) is 0 Å². The summed E-state index contributed by atoms with van der Waals surface area (Å²) in [6.45, 7) is 2.21. The Morgan fingerprint density at radius 2 is 2.30 bits per heavy atom. The molecule has 1 unspecified atom stereocenters. The molecule has 1 fully saturated rings. The summed E-state index contributed by atoms with van der Waals surface area (Å²) in [6.07, 6.45) is -0.732. The fourth-order valence-corrected chi connectivity index (χ4v) is 1.22. The third kappa shape index (κ3) is 1.12. The van der Waals surface area contributed by atoms with Gasteiger partial charge in [-0.3, -0.25) is 4.90 Å². The lowest BCUT2D eigenvalue weighted by Gasteiger charge is -2.20. The average molecular weight is 145 g/mol. The highest BCUT2D eigenvalue weighted by Crippen LogP contribution is 2.11. The zero-order chi connectivity index (χ0) is 7.78. The molecule has 1 amide bonds. The van der Waals surface area contributed by atoms with Crippen LogP contribution in [0.1, 0.15) is 0 Å². The highest BCUT2D eigenvalue weighted by atomic mass is 16.4. The number of carboxylic acid groups (broad SMARTS) is 1. The number of carbonyl (C=O) groups is 1. The predicted molar refractivity (Wildman–Crippen MR) is 36.6 cm³/mol. The molecule has 0 bridgehead atoms. The molecule has 0 radical (unpaired) electrons. The zero-order valence-corrected chi connectivity index (χ0v) is 6.37. The molecule has 1 heterocycles. The Hall–Kier alpha value is -0.610. The maximum atomic E-state index is 10.6. The van der Waals surface area contributed by atoms with Gasteiger partial charge in [0, 0.05) is 0 Å². The molecule has 4 heteroatoms. The summed E-state index contributed by atoms with van der Waals surface area (Å²) < 4.78 is 0.135. The van der Waals surface area contributed by atoms with Gasteiger partial charge in [0.05, 0.1) is 13.6 Å². The van der Waals surface area contributed by atoms with Gasteiger partial charge in [-0.1, -0.05) is 0 Å². The Morgan fingerprint density at radius 1 is 1.70 bits per heavy atom. The molecule has 1 aliphatic rings. The normalized spacial score (nSPS) is 34.6. The standard InChI is InChI=1S/C6H12N2O2/c1-7-3-4-8(2,5-7)6(9)10/h3-5H2,1-2H3/p+1. The molecule has 0 saturated carbocycles. The number of nitrogens with zero attached hydrogens (tertiary/aromatic N) is 2. The minimum atomic E-state index is -0.732. The topological polar surface area (TPSA) is 40.5 Å². The van der Waals surface area contributed by atoms with Crippen LogP contribution in [0.15, 0.2) is 0 Å². The Bertz CT molecular complexity index is 160. The average Bonchev–Trinajstić information content (AvgIpc) is 2.13. The third-order valence-corrected chi connectivity index (χ3v) is 1.99. The molecule has 0 aromatic carbocycles. The molecule has 1 aliphatic heterocycles. The fourth-order valence-electron chi connectivity index (χ4n) is 1.22. The second kappa shape index (κ2) is 2.21. The van der Waals surface area contributed by atoms with E-state index in [1.807, 2.05) is 11.9 Å². The fraction of sp³-hybridized carbons (Fsp3) is 0.833. The summed E-state index contributed by atoms with van der Waals surface area (Å²) >= 11 is 0. The summed E-state index contributed by atoms with van der Waals surface area (Å²) in [5.41, 5.74) is 0. The summed E-state index contributed by atoms with van der Waals surface area (Å²) in [6, 6.07) is 0.